The first-order valence-electron chi connectivity index (χ1n) is 6.08. The minimum absolute atomic E-state index is 0.00290. The second kappa shape index (κ2) is 6.45. The van der Waals surface area contributed by atoms with Gasteiger partial charge in [0.15, 0.2) is 6.10 Å². The maximum Gasteiger partial charge on any atom is 0.416 e. The summed E-state index contributed by atoms with van der Waals surface area (Å²) in [5.41, 5.74) is -3.04. The minimum Gasteiger partial charge on any atom is -0.479 e. The zero-order valence-electron chi connectivity index (χ0n) is 11.5. The van der Waals surface area contributed by atoms with Gasteiger partial charge in [-0.1, -0.05) is 0 Å². The van der Waals surface area contributed by atoms with Crippen molar-refractivity contribution in [1.82, 2.24) is 0 Å². The molecule has 22 heavy (non-hydrogen) atoms. The highest BCUT2D eigenvalue weighted by atomic mass is 19.4. The maximum absolute atomic E-state index is 12.6. The van der Waals surface area contributed by atoms with E-state index in [4.69, 9.17) is 4.74 Å². The Morgan fingerprint density at radius 1 is 1.05 bits per heavy atom. The van der Waals surface area contributed by atoms with Crippen molar-refractivity contribution in [3.05, 3.63) is 29.3 Å². The van der Waals surface area contributed by atoms with Crippen molar-refractivity contribution in [3.63, 3.8) is 0 Å². The lowest BCUT2D eigenvalue weighted by atomic mass is 10.1. The van der Waals surface area contributed by atoms with Gasteiger partial charge < -0.3 is 9.47 Å². The van der Waals surface area contributed by atoms with Gasteiger partial charge in [-0.05, 0) is 32.0 Å². The quantitative estimate of drug-likeness (QED) is 0.617. The highest BCUT2D eigenvalue weighted by Crippen LogP contribution is 2.38. The first-order chi connectivity index (χ1) is 9.95. The fourth-order valence-electron chi connectivity index (χ4n) is 1.51. The summed E-state index contributed by atoms with van der Waals surface area (Å²) in [6.07, 6.45) is -11.3. The molecule has 0 aliphatic heterocycles. The number of hydrogen-bond acceptors (Lipinski definition) is 3. The average Bonchev–Trinajstić information content (AvgIpc) is 2.36. The van der Waals surface area contributed by atoms with Gasteiger partial charge in [-0.2, -0.15) is 26.3 Å². The van der Waals surface area contributed by atoms with E-state index in [1.165, 1.54) is 6.92 Å². The number of alkyl halides is 6. The molecule has 1 atom stereocenters. The van der Waals surface area contributed by atoms with E-state index in [0.717, 1.165) is 6.92 Å². The van der Waals surface area contributed by atoms with Crippen LogP contribution in [-0.4, -0.2) is 18.7 Å². The normalized spacial score (nSPS) is 13.6. The predicted molar refractivity (Wildman–Crippen MR) is 63.2 cm³/mol. The molecule has 0 radical (unpaired) electrons. The SMILES string of the molecule is CCOC(=O)C(C)Oc1cc(C(F)(F)F)cc(C(F)(F)F)c1. The molecule has 1 unspecified atom stereocenters. The van der Waals surface area contributed by atoms with Crippen molar-refractivity contribution in [2.45, 2.75) is 32.3 Å². The molecular weight excluding hydrogens is 318 g/mol. The number of benzene rings is 1. The zero-order chi connectivity index (χ0) is 17.1. The smallest absolute Gasteiger partial charge is 0.416 e. The van der Waals surface area contributed by atoms with Crippen LogP contribution in [0.1, 0.15) is 25.0 Å². The molecule has 1 aromatic carbocycles. The summed E-state index contributed by atoms with van der Waals surface area (Å²) in [6.45, 7) is 2.66. The summed E-state index contributed by atoms with van der Waals surface area (Å²) in [5.74, 6) is -1.61. The summed E-state index contributed by atoms with van der Waals surface area (Å²) in [4.78, 5) is 11.3. The molecule has 0 amide bonds. The van der Waals surface area contributed by atoms with E-state index in [9.17, 15) is 31.1 Å². The monoisotopic (exact) mass is 330 g/mol. The Kier molecular flexibility index (Phi) is 5.31. The fraction of sp³-hybridized carbons (Fsp3) is 0.462. The summed E-state index contributed by atoms with van der Waals surface area (Å²) in [5, 5.41) is 0. The number of halogens is 6. The van der Waals surface area contributed by atoms with Crippen LogP contribution in [0, 0.1) is 0 Å². The van der Waals surface area contributed by atoms with Crippen LogP contribution in [-0.2, 0) is 21.9 Å². The molecule has 3 nitrogen and oxygen atoms in total. The van der Waals surface area contributed by atoms with Gasteiger partial charge in [0, 0.05) is 0 Å². The van der Waals surface area contributed by atoms with Crippen molar-refractivity contribution < 1.29 is 40.6 Å². The van der Waals surface area contributed by atoms with Crippen LogP contribution in [0.2, 0.25) is 0 Å². The molecule has 0 fully saturated rings. The molecule has 0 aliphatic carbocycles. The number of carbonyl (C=O) groups excluding carboxylic acids is 1. The molecule has 1 rings (SSSR count). The van der Waals surface area contributed by atoms with Crippen LogP contribution >= 0.6 is 0 Å². The number of rotatable bonds is 4. The molecule has 0 spiro atoms. The third-order valence-electron chi connectivity index (χ3n) is 2.49. The molecule has 0 aliphatic rings. The standard InChI is InChI=1S/C13H12F6O3/c1-3-21-11(20)7(2)22-10-5-8(12(14,15)16)4-9(6-10)13(17,18)19/h4-7H,3H2,1-2H3. The van der Waals surface area contributed by atoms with Gasteiger partial charge in [0.1, 0.15) is 5.75 Å². The van der Waals surface area contributed by atoms with Gasteiger partial charge in [0.25, 0.3) is 0 Å². The van der Waals surface area contributed by atoms with Gasteiger partial charge in [-0.15, -0.1) is 0 Å². The van der Waals surface area contributed by atoms with E-state index < -0.39 is 41.3 Å². The first-order valence-corrected chi connectivity index (χ1v) is 6.08. The second-order valence-electron chi connectivity index (χ2n) is 4.25. The number of esters is 1. The van der Waals surface area contributed by atoms with Crippen LogP contribution in [0.15, 0.2) is 18.2 Å². The Bertz CT molecular complexity index is 503. The molecule has 0 saturated carbocycles. The Hall–Kier alpha value is -1.93. The van der Waals surface area contributed by atoms with E-state index in [2.05, 4.69) is 4.74 Å². The van der Waals surface area contributed by atoms with Gasteiger partial charge in [-0.3, -0.25) is 0 Å². The van der Waals surface area contributed by atoms with Crippen LogP contribution in [0.4, 0.5) is 26.3 Å². The van der Waals surface area contributed by atoms with Crippen LogP contribution in [0.25, 0.3) is 0 Å². The topological polar surface area (TPSA) is 35.5 Å². The highest BCUT2D eigenvalue weighted by Gasteiger charge is 2.37. The lowest BCUT2D eigenvalue weighted by Crippen LogP contribution is -2.26. The third kappa shape index (κ3) is 4.81. The van der Waals surface area contributed by atoms with E-state index in [-0.39, 0.29) is 12.7 Å². The van der Waals surface area contributed by atoms with Crippen molar-refractivity contribution >= 4 is 5.97 Å². The summed E-state index contributed by atoms with van der Waals surface area (Å²) < 4.78 is 85.2. The van der Waals surface area contributed by atoms with Gasteiger partial charge in [-0.25, -0.2) is 4.79 Å². The summed E-state index contributed by atoms with van der Waals surface area (Å²) >= 11 is 0. The Balaban J connectivity index is 3.16. The molecular formula is C13H12F6O3. The molecule has 1 aromatic rings. The molecule has 0 N–H and O–H groups in total. The molecule has 0 bridgehead atoms. The zero-order valence-corrected chi connectivity index (χ0v) is 11.5. The Morgan fingerprint density at radius 2 is 1.50 bits per heavy atom. The van der Waals surface area contributed by atoms with E-state index in [1.807, 2.05) is 0 Å². The van der Waals surface area contributed by atoms with E-state index in [1.54, 1.807) is 0 Å². The minimum atomic E-state index is -4.98. The van der Waals surface area contributed by atoms with Crippen molar-refractivity contribution in [3.8, 4) is 5.75 Å². The fourth-order valence-corrected chi connectivity index (χ4v) is 1.51. The van der Waals surface area contributed by atoms with E-state index >= 15 is 0 Å². The van der Waals surface area contributed by atoms with Gasteiger partial charge in [0.05, 0.1) is 17.7 Å². The van der Waals surface area contributed by atoms with Crippen LogP contribution < -0.4 is 4.74 Å². The lowest BCUT2D eigenvalue weighted by Gasteiger charge is -2.17. The number of hydrogen-bond donors (Lipinski definition) is 0. The van der Waals surface area contributed by atoms with Crippen LogP contribution in [0.5, 0.6) is 5.75 Å². The Morgan fingerprint density at radius 3 is 1.86 bits per heavy atom. The van der Waals surface area contributed by atoms with Gasteiger partial charge in [0.2, 0.25) is 0 Å². The predicted octanol–water partition coefficient (Wildman–Crippen LogP) is 4.05. The summed E-state index contributed by atoms with van der Waals surface area (Å²) in [6, 6.07) is 0.762. The second-order valence-corrected chi connectivity index (χ2v) is 4.25. The molecule has 124 valence electrons. The van der Waals surface area contributed by atoms with Crippen molar-refractivity contribution in [2.75, 3.05) is 6.61 Å². The molecule has 0 saturated heterocycles. The molecule has 0 aromatic heterocycles. The first kappa shape index (κ1) is 18.1. The van der Waals surface area contributed by atoms with Crippen LogP contribution in [0.3, 0.4) is 0 Å². The number of carbonyl (C=O) groups is 1. The van der Waals surface area contributed by atoms with Crippen molar-refractivity contribution in [1.29, 1.82) is 0 Å². The largest absolute Gasteiger partial charge is 0.479 e. The maximum atomic E-state index is 12.6. The van der Waals surface area contributed by atoms with Gasteiger partial charge >= 0.3 is 18.3 Å². The van der Waals surface area contributed by atoms with Crippen molar-refractivity contribution in [2.24, 2.45) is 0 Å². The molecule has 9 heteroatoms. The van der Waals surface area contributed by atoms with E-state index in [0.29, 0.717) is 12.1 Å². The Labute approximate surface area is 121 Å². The molecule has 0 heterocycles. The average molecular weight is 330 g/mol. The third-order valence-corrected chi connectivity index (χ3v) is 2.49. The summed E-state index contributed by atoms with van der Waals surface area (Å²) in [7, 11) is 0. The highest BCUT2D eigenvalue weighted by molar-refractivity contribution is 5.74. The lowest BCUT2D eigenvalue weighted by molar-refractivity contribution is -0.150. The number of ether oxygens (including phenoxy) is 2.